The molecule has 0 saturated heterocycles. The van der Waals surface area contributed by atoms with E-state index in [4.69, 9.17) is 25.8 Å². The molecule has 2 aromatic carbocycles. The van der Waals surface area contributed by atoms with Crippen LogP contribution in [0.25, 0.3) is 0 Å². The first-order valence-corrected chi connectivity index (χ1v) is 9.72. The van der Waals surface area contributed by atoms with Gasteiger partial charge in [0.1, 0.15) is 5.75 Å². The van der Waals surface area contributed by atoms with Crippen LogP contribution in [0.15, 0.2) is 40.9 Å². The molecule has 1 heterocycles. The summed E-state index contributed by atoms with van der Waals surface area (Å²) in [6.07, 6.45) is -0.0969. The van der Waals surface area contributed by atoms with Crippen molar-refractivity contribution in [3.8, 4) is 17.2 Å². The minimum atomic E-state index is -0.818. The lowest BCUT2D eigenvalue weighted by molar-refractivity contribution is -0.128. The van der Waals surface area contributed by atoms with Crippen molar-refractivity contribution in [1.82, 2.24) is 10.9 Å². The number of hydrogen-bond acceptors (Lipinski definition) is 5. The summed E-state index contributed by atoms with van der Waals surface area (Å²) in [7, 11) is 0. The minimum Gasteiger partial charge on any atom is -0.489 e. The summed E-state index contributed by atoms with van der Waals surface area (Å²) in [5, 5.41) is 0.266. The fourth-order valence-electron chi connectivity index (χ4n) is 2.45. The first-order valence-electron chi connectivity index (χ1n) is 8.55. The number of fused-ring (bicyclic) bond motifs is 1. The first kappa shape index (κ1) is 20.3. The predicted molar refractivity (Wildman–Crippen MR) is 107 cm³/mol. The maximum absolute atomic E-state index is 12.4. The lowest BCUT2D eigenvalue weighted by Crippen LogP contribution is -2.47. The zero-order valence-corrected chi connectivity index (χ0v) is 17.3. The highest BCUT2D eigenvalue weighted by molar-refractivity contribution is 9.10. The van der Waals surface area contributed by atoms with E-state index in [-0.39, 0.29) is 10.6 Å². The maximum Gasteiger partial charge on any atom is 0.279 e. The molecule has 1 aliphatic rings. The number of hydrazine groups is 1. The number of rotatable bonds is 4. The molecule has 0 radical (unpaired) electrons. The van der Waals surface area contributed by atoms with Crippen molar-refractivity contribution in [2.75, 3.05) is 13.2 Å². The van der Waals surface area contributed by atoms with Crippen molar-refractivity contribution in [1.29, 1.82) is 0 Å². The third-order valence-electron chi connectivity index (χ3n) is 3.84. The Hall–Kier alpha value is -2.45. The van der Waals surface area contributed by atoms with Crippen LogP contribution in [-0.4, -0.2) is 31.1 Å². The Labute approximate surface area is 175 Å². The molecule has 2 amide bonds. The first-order chi connectivity index (χ1) is 13.4. The van der Waals surface area contributed by atoms with Gasteiger partial charge in [-0.15, -0.1) is 0 Å². The molecule has 1 atom stereocenters. The van der Waals surface area contributed by atoms with E-state index in [0.717, 1.165) is 10.9 Å². The molecular weight excluding hydrogens is 452 g/mol. The molecule has 0 aromatic heterocycles. The smallest absolute Gasteiger partial charge is 0.279 e. The van der Waals surface area contributed by atoms with Gasteiger partial charge in [-0.3, -0.25) is 20.4 Å². The second kappa shape index (κ2) is 9.16. The molecule has 3 rings (SSSR count). The predicted octanol–water partition coefficient (Wildman–Crippen LogP) is 3.49. The molecule has 0 aliphatic carbocycles. The van der Waals surface area contributed by atoms with Gasteiger partial charge < -0.3 is 14.2 Å². The highest BCUT2D eigenvalue weighted by Gasteiger charge is 2.20. The van der Waals surface area contributed by atoms with E-state index in [9.17, 15) is 9.59 Å². The summed E-state index contributed by atoms with van der Waals surface area (Å²) < 4.78 is 17.5. The van der Waals surface area contributed by atoms with Gasteiger partial charge in [-0.1, -0.05) is 33.6 Å². The molecule has 1 aliphatic heterocycles. The van der Waals surface area contributed by atoms with Gasteiger partial charge in [0.15, 0.2) is 17.6 Å². The molecule has 0 spiro atoms. The monoisotopic (exact) mass is 468 g/mol. The van der Waals surface area contributed by atoms with Crippen LogP contribution in [0.4, 0.5) is 0 Å². The number of nitrogens with one attached hydrogen (secondary N) is 2. The molecule has 0 bridgehead atoms. The Kier molecular flexibility index (Phi) is 6.64. The van der Waals surface area contributed by atoms with Crippen LogP contribution in [-0.2, 0) is 4.79 Å². The van der Waals surface area contributed by atoms with E-state index < -0.39 is 17.9 Å². The Morgan fingerprint density at radius 2 is 1.96 bits per heavy atom. The fourth-order valence-corrected chi connectivity index (χ4v) is 3.10. The van der Waals surface area contributed by atoms with Crippen molar-refractivity contribution in [3.63, 3.8) is 0 Å². The highest BCUT2D eigenvalue weighted by Crippen LogP contribution is 2.37. The Morgan fingerprint density at radius 3 is 2.75 bits per heavy atom. The van der Waals surface area contributed by atoms with Gasteiger partial charge in [-0.25, -0.2) is 0 Å². The van der Waals surface area contributed by atoms with Gasteiger partial charge in [0.05, 0.1) is 18.2 Å². The zero-order valence-electron chi connectivity index (χ0n) is 15.0. The van der Waals surface area contributed by atoms with Gasteiger partial charge >= 0.3 is 0 Å². The lowest BCUT2D eigenvalue weighted by Gasteiger charge is -2.16. The molecule has 1 unspecified atom stereocenters. The summed E-state index contributed by atoms with van der Waals surface area (Å²) >= 11 is 9.52. The molecule has 28 heavy (non-hydrogen) atoms. The molecule has 7 nitrogen and oxygen atoms in total. The van der Waals surface area contributed by atoms with Gasteiger partial charge in [0, 0.05) is 16.5 Å². The van der Waals surface area contributed by atoms with E-state index in [2.05, 4.69) is 26.8 Å². The van der Waals surface area contributed by atoms with Crippen LogP contribution in [0.3, 0.4) is 0 Å². The van der Waals surface area contributed by atoms with Crippen molar-refractivity contribution >= 4 is 39.3 Å². The van der Waals surface area contributed by atoms with Crippen LogP contribution in [0.1, 0.15) is 23.7 Å². The Balaban J connectivity index is 1.59. The average Bonchev–Trinajstić information content (AvgIpc) is 2.91. The third kappa shape index (κ3) is 5.08. The normalized spacial score (nSPS) is 13.8. The fraction of sp³-hybridized carbons (Fsp3) is 0.263. The van der Waals surface area contributed by atoms with Crippen molar-refractivity contribution in [2.24, 2.45) is 0 Å². The Bertz CT molecular complexity index is 893. The van der Waals surface area contributed by atoms with Crippen LogP contribution in [0, 0.1) is 0 Å². The average molecular weight is 470 g/mol. The molecule has 0 saturated carbocycles. The summed E-state index contributed by atoms with van der Waals surface area (Å²) in [5.41, 5.74) is 4.91. The molecule has 0 fully saturated rings. The number of benzene rings is 2. The third-order valence-corrected chi connectivity index (χ3v) is 4.62. The van der Waals surface area contributed by atoms with Gasteiger partial charge in [0.2, 0.25) is 0 Å². The number of hydrogen-bond donors (Lipinski definition) is 2. The van der Waals surface area contributed by atoms with Crippen LogP contribution in [0.2, 0.25) is 5.02 Å². The van der Waals surface area contributed by atoms with Crippen molar-refractivity contribution in [3.05, 3.63) is 51.5 Å². The second-order valence-corrected chi connectivity index (χ2v) is 7.32. The maximum atomic E-state index is 12.4. The summed E-state index contributed by atoms with van der Waals surface area (Å²) in [6, 6.07) is 10.1. The number of amides is 2. The number of ether oxygens (including phenoxy) is 3. The largest absolute Gasteiger partial charge is 0.489 e. The highest BCUT2D eigenvalue weighted by atomic mass is 79.9. The van der Waals surface area contributed by atoms with Gasteiger partial charge in [-0.2, -0.15) is 0 Å². The standard InChI is InChI=1S/C19H18BrClN2O5/c1-11(28-14-5-2-4-13(20)10-14)18(24)22-23-19(25)12-8-15(21)17-16(9-12)26-6-3-7-27-17/h2,4-5,8-11H,3,6-7H2,1H3,(H,22,24)(H,23,25). The quantitative estimate of drug-likeness (QED) is 0.670. The van der Waals surface area contributed by atoms with E-state index in [1.54, 1.807) is 25.1 Å². The topological polar surface area (TPSA) is 85.9 Å². The van der Waals surface area contributed by atoms with Crippen molar-refractivity contribution in [2.45, 2.75) is 19.4 Å². The van der Waals surface area contributed by atoms with E-state index in [1.165, 1.54) is 12.1 Å². The minimum absolute atomic E-state index is 0.232. The van der Waals surface area contributed by atoms with Gasteiger partial charge in [0.25, 0.3) is 11.8 Å². The van der Waals surface area contributed by atoms with Crippen LogP contribution < -0.4 is 25.1 Å². The number of carbonyl (C=O) groups is 2. The second-order valence-electron chi connectivity index (χ2n) is 6.00. The van der Waals surface area contributed by atoms with E-state index in [1.807, 2.05) is 6.07 Å². The molecule has 9 heteroatoms. The zero-order chi connectivity index (χ0) is 20.1. The molecule has 148 valence electrons. The number of halogens is 2. The van der Waals surface area contributed by atoms with E-state index in [0.29, 0.717) is 30.5 Å². The van der Waals surface area contributed by atoms with Crippen LogP contribution >= 0.6 is 27.5 Å². The number of carbonyl (C=O) groups excluding carboxylic acids is 2. The molecule has 2 N–H and O–H groups in total. The lowest BCUT2D eigenvalue weighted by atomic mass is 10.2. The summed E-state index contributed by atoms with van der Waals surface area (Å²) in [4.78, 5) is 24.6. The van der Waals surface area contributed by atoms with Crippen molar-refractivity contribution < 1.29 is 23.8 Å². The Morgan fingerprint density at radius 1 is 1.18 bits per heavy atom. The van der Waals surface area contributed by atoms with Crippen LogP contribution in [0.5, 0.6) is 17.2 Å². The SMILES string of the molecule is CC(Oc1cccc(Br)c1)C(=O)NNC(=O)c1cc(Cl)c2c(c1)OCCCO2. The van der Waals surface area contributed by atoms with E-state index >= 15 is 0 Å². The summed E-state index contributed by atoms with van der Waals surface area (Å²) in [6.45, 7) is 2.53. The van der Waals surface area contributed by atoms with Gasteiger partial charge in [-0.05, 0) is 37.3 Å². The summed E-state index contributed by atoms with van der Waals surface area (Å²) in [5.74, 6) is 0.288. The molecular formula is C19H18BrClN2O5. The molecule has 2 aromatic rings.